The van der Waals surface area contributed by atoms with E-state index >= 15 is 0 Å². The fourth-order valence-corrected chi connectivity index (χ4v) is 3.78. The van der Waals surface area contributed by atoms with Crippen molar-refractivity contribution in [1.82, 2.24) is 15.3 Å². The van der Waals surface area contributed by atoms with E-state index in [2.05, 4.69) is 25.9 Å². The average Bonchev–Trinajstić information content (AvgIpc) is 3.22. The number of aryl methyl sites for hydroxylation is 1. The van der Waals surface area contributed by atoms with Gasteiger partial charge < -0.3 is 20.8 Å². The van der Waals surface area contributed by atoms with E-state index in [4.69, 9.17) is 10.1 Å². The third-order valence-electron chi connectivity index (χ3n) is 5.38. The third-order valence-corrected chi connectivity index (χ3v) is 5.38. The molecule has 33 heavy (non-hydrogen) atoms. The third kappa shape index (κ3) is 5.82. The number of hydrogen-bond donors (Lipinski definition) is 4. The van der Waals surface area contributed by atoms with Crippen LogP contribution in [0.15, 0.2) is 54.9 Å². The Morgan fingerprint density at radius 3 is 2.79 bits per heavy atom. The smallest absolute Gasteiger partial charge is 0.320 e. The molecule has 0 unspecified atom stereocenters. The zero-order valence-corrected chi connectivity index (χ0v) is 18.1. The van der Waals surface area contributed by atoms with Crippen molar-refractivity contribution in [3.8, 4) is 5.75 Å². The quantitative estimate of drug-likeness (QED) is 0.365. The van der Waals surface area contributed by atoms with Gasteiger partial charge in [-0.1, -0.05) is 0 Å². The highest BCUT2D eigenvalue weighted by Gasteiger charge is 2.30. The summed E-state index contributed by atoms with van der Waals surface area (Å²) in [6.45, 7) is 1.90. The first-order chi connectivity index (χ1) is 16.0. The predicted molar refractivity (Wildman–Crippen MR) is 129 cm³/mol. The standard InChI is InChI=1S/C24H25FN6O2.2H2/c1-15-11-18(9-10-27-15)29-21-14-28-23(12-16(21)13-26)31-24(32)30-20-3-2-4-22(20)33-19-7-5-17(25)6-8-19;;/h5-14,20,22,26H,2-4H2,1H3,(H,27,29)(H2,28,30,31,32);2*1H/t20-,22-;;/m0../s1. The number of aromatic nitrogens is 2. The van der Waals surface area contributed by atoms with Gasteiger partial charge in [0, 0.05) is 32.2 Å². The van der Waals surface area contributed by atoms with Gasteiger partial charge in [-0.05, 0) is 68.7 Å². The minimum Gasteiger partial charge on any atom is -0.488 e. The second-order valence-corrected chi connectivity index (χ2v) is 7.86. The molecule has 3 aromatic rings. The number of carbonyl (C=O) groups is 1. The van der Waals surface area contributed by atoms with Crippen LogP contribution in [0.4, 0.5) is 26.4 Å². The van der Waals surface area contributed by atoms with Crippen LogP contribution < -0.4 is 20.7 Å². The summed E-state index contributed by atoms with van der Waals surface area (Å²) in [6.07, 6.45) is 6.78. The number of halogens is 1. The molecular formula is C24H29FN6O2. The molecule has 1 saturated carbocycles. The molecule has 8 nitrogen and oxygen atoms in total. The Balaban J connectivity index is 0.00000216. The Morgan fingerprint density at radius 1 is 1.21 bits per heavy atom. The van der Waals surface area contributed by atoms with E-state index in [-0.39, 0.29) is 20.8 Å². The number of nitrogens with one attached hydrogen (secondary N) is 4. The molecule has 1 aliphatic rings. The zero-order valence-electron chi connectivity index (χ0n) is 18.1. The topological polar surface area (TPSA) is 112 Å². The van der Waals surface area contributed by atoms with Crippen molar-refractivity contribution in [3.63, 3.8) is 0 Å². The lowest BCUT2D eigenvalue weighted by molar-refractivity contribution is 0.175. The van der Waals surface area contributed by atoms with Gasteiger partial charge in [0.25, 0.3) is 0 Å². The molecule has 174 valence electrons. The zero-order chi connectivity index (χ0) is 23.2. The molecule has 1 aromatic carbocycles. The van der Waals surface area contributed by atoms with Gasteiger partial charge in [-0.2, -0.15) is 0 Å². The molecule has 1 fully saturated rings. The van der Waals surface area contributed by atoms with Crippen molar-refractivity contribution in [2.45, 2.75) is 38.3 Å². The molecule has 2 atom stereocenters. The number of amides is 2. The number of ether oxygens (including phenoxy) is 1. The van der Waals surface area contributed by atoms with Gasteiger partial charge in [0.15, 0.2) is 0 Å². The van der Waals surface area contributed by atoms with Crippen molar-refractivity contribution >= 4 is 29.4 Å². The number of pyridine rings is 2. The Morgan fingerprint density at radius 2 is 2.03 bits per heavy atom. The van der Waals surface area contributed by atoms with E-state index in [0.717, 1.165) is 30.6 Å². The van der Waals surface area contributed by atoms with Crippen LogP contribution in [0.3, 0.4) is 0 Å². The Bertz CT molecular complexity index is 1150. The van der Waals surface area contributed by atoms with Crippen molar-refractivity contribution in [2.75, 3.05) is 10.6 Å². The highest BCUT2D eigenvalue weighted by atomic mass is 19.1. The molecule has 1 aliphatic carbocycles. The molecule has 4 N–H and O–H groups in total. The molecule has 2 aromatic heterocycles. The van der Waals surface area contributed by atoms with E-state index in [9.17, 15) is 9.18 Å². The highest BCUT2D eigenvalue weighted by molar-refractivity contribution is 5.92. The maximum Gasteiger partial charge on any atom is 0.320 e. The fourth-order valence-electron chi connectivity index (χ4n) is 3.78. The molecule has 0 aliphatic heterocycles. The Labute approximate surface area is 194 Å². The molecular weight excluding hydrogens is 423 g/mol. The van der Waals surface area contributed by atoms with Crippen LogP contribution >= 0.6 is 0 Å². The molecule has 0 radical (unpaired) electrons. The summed E-state index contributed by atoms with van der Waals surface area (Å²) < 4.78 is 19.1. The van der Waals surface area contributed by atoms with Gasteiger partial charge in [-0.15, -0.1) is 0 Å². The molecule has 9 heteroatoms. The number of nitrogens with zero attached hydrogens (tertiary/aromatic N) is 2. The van der Waals surface area contributed by atoms with Crippen LogP contribution in [0, 0.1) is 18.2 Å². The van der Waals surface area contributed by atoms with Crippen molar-refractivity contribution in [2.24, 2.45) is 0 Å². The summed E-state index contributed by atoms with van der Waals surface area (Å²) in [5.41, 5.74) is 2.92. The van der Waals surface area contributed by atoms with Crippen LogP contribution in [-0.2, 0) is 0 Å². The molecule has 0 bridgehead atoms. The second-order valence-electron chi connectivity index (χ2n) is 7.86. The second kappa shape index (κ2) is 10.1. The molecule has 0 spiro atoms. The minimum atomic E-state index is -0.400. The highest BCUT2D eigenvalue weighted by Crippen LogP contribution is 2.25. The molecule has 0 saturated heterocycles. The number of benzene rings is 1. The first-order valence-corrected chi connectivity index (χ1v) is 10.7. The van der Waals surface area contributed by atoms with Gasteiger partial charge in [0.05, 0.1) is 17.9 Å². The van der Waals surface area contributed by atoms with Crippen LogP contribution in [0.25, 0.3) is 0 Å². The maximum absolute atomic E-state index is 13.1. The van der Waals surface area contributed by atoms with E-state index in [1.54, 1.807) is 30.6 Å². The van der Waals surface area contributed by atoms with Crippen LogP contribution in [0.1, 0.15) is 33.4 Å². The van der Waals surface area contributed by atoms with E-state index in [1.165, 1.54) is 18.3 Å². The molecule has 2 heterocycles. The van der Waals surface area contributed by atoms with Gasteiger partial charge >= 0.3 is 6.03 Å². The fraction of sp³-hybridized carbons (Fsp3) is 0.250. The number of urea groups is 1. The summed E-state index contributed by atoms with van der Waals surface area (Å²) in [7, 11) is 0. The first kappa shape index (κ1) is 22.2. The lowest BCUT2D eigenvalue weighted by Crippen LogP contribution is -2.44. The van der Waals surface area contributed by atoms with Gasteiger partial charge in [-0.25, -0.2) is 14.2 Å². The van der Waals surface area contributed by atoms with Gasteiger partial charge in [0.1, 0.15) is 23.5 Å². The summed E-state index contributed by atoms with van der Waals surface area (Å²) in [6, 6.07) is 10.6. The predicted octanol–water partition coefficient (Wildman–Crippen LogP) is 5.28. The van der Waals surface area contributed by atoms with E-state index in [0.29, 0.717) is 22.8 Å². The van der Waals surface area contributed by atoms with Gasteiger partial charge in [0.2, 0.25) is 0 Å². The number of hydrogen-bond acceptors (Lipinski definition) is 6. The van der Waals surface area contributed by atoms with Crippen LogP contribution in [-0.4, -0.2) is 34.4 Å². The van der Waals surface area contributed by atoms with Crippen molar-refractivity contribution in [1.29, 1.82) is 5.41 Å². The summed E-state index contributed by atoms with van der Waals surface area (Å²) in [4.78, 5) is 21.0. The van der Waals surface area contributed by atoms with Crippen LogP contribution in [0.5, 0.6) is 5.75 Å². The molecule has 2 amide bonds. The Kier molecular flexibility index (Phi) is 6.77. The van der Waals surface area contributed by atoms with E-state index in [1.807, 2.05) is 19.1 Å². The average molecular weight is 453 g/mol. The normalized spacial score (nSPS) is 17.3. The largest absolute Gasteiger partial charge is 0.488 e. The number of anilines is 3. The summed E-state index contributed by atoms with van der Waals surface area (Å²) >= 11 is 0. The maximum atomic E-state index is 13.1. The Hall–Kier alpha value is -4.01. The monoisotopic (exact) mass is 452 g/mol. The first-order valence-electron chi connectivity index (χ1n) is 10.7. The lowest BCUT2D eigenvalue weighted by Gasteiger charge is -2.22. The lowest BCUT2D eigenvalue weighted by atomic mass is 10.2. The number of carbonyl (C=O) groups excluding carboxylic acids is 1. The number of rotatable bonds is 7. The van der Waals surface area contributed by atoms with E-state index < -0.39 is 6.03 Å². The SMILES string of the molecule is Cc1cc(Nc2cnc(NC(=O)N[C@H]3CCC[C@@H]3Oc3ccc(F)cc3)cc2C=N)ccn1.[HH].[HH]. The summed E-state index contributed by atoms with van der Waals surface area (Å²) in [5.74, 6) is 0.577. The van der Waals surface area contributed by atoms with Gasteiger partial charge in [-0.3, -0.25) is 10.3 Å². The molecule has 4 rings (SSSR count). The summed E-state index contributed by atoms with van der Waals surface area (Å²) in [5, 5.41) is 16.6. The van der Waals surface area contributed by atoms with Crippen LogP contribution in [0.2, 0.25) is 0 Å². The van der Waals surface area contributed by atoms with Crippen molar-refractivity contribution < 1.29 is 16.8 Å². The van der Waals surface area contributed by atoms with Crippen molar-refractivity contribution in [3.05, 3.63) is 71.9 Å². The minimum absolute atomic E-state index is 0.